The Hall–Kier alpha value is -3.41. The van der Waals surface area contributed by atoms with E-state index in [0.717, 1.165) is 16.7 Å². The average Bonchev–Trinajstić information content (AvgIpc) is 2.68. The van der Waals surface area contributed by atoms with Crippen molar-refractivity contribution in [1.82, 2.24) is 9.78 Å². The second-order valence-electron chi connectivity index (χ2n) is 6.39. The van der Waals surface area contributed by atoms with Crippen LogP contribution in [0.1, 0.15) is 34.1 Å². The van der Waals surface area contributed by atoms with Gasteiger partial charge in [-0.15, -0.1) is 0 Å². The third-order valence-corrected chi connectivity index (χ3v) is 4.22. The van der Waals surface area contributed by atoms with Crippen LogP contribution in [-0.2, 0) is 11.3 Å². The normalized spacial score (nSPS) is 10.5. The summed E-state index contributed by atoms with van der Waals surface area (Å²) in [6.45, 7) is 5.99. The number of ether oxygens (including phenoxy) is 2. The largest absolute Gasteiger partial charge is 0.486 e. The van der Waals surface area contributed by atoms with E-state index in [-0.39, 0.29) is 30.2 Å². The van der Waals surface area contributed by atoms with Crippen molar-refractivity contribution in [2.75, 3.05) is 6.61 Å². The number of esters is 1. The van der Waals surface area contributed by atoms with Gasteiger partial charge in [-0.2, -0.15) is 9.78 Å². The lowest BCUT2D eigenvalue weighted by Gasteiger charge is -2.13. The lowest BCUT2D eigenvalue weighted by Crippen LogP contribution is -2.25. The van der Waals surface area contributed by atoms with Crippen LogP contribution in [0.4, 0.5) is 0 Å². The van der Waals surface area contributed by atoms with Crippen LogP contribution < -0.4 is 10.3 Å². The summed E-state index contributed by atoms with van der Waals surface area (Å²) in [5, 5.41) is 4.25. The van der Waals surface area contributed by atoms with Gasteiger partial charge in [0.15, 0.2) is 5.75 Å². The number of rotatable bonds is 6. The maximum atomic E-state index is 12.6. The van der Waals surface area contributed by atoms with E-state index in [1.807, 2.05) is 56.3 Å². The van der Waals surface area contributed by atoms with Gasteiger partial charge in [-0.3, -0.25) is 4.79 Å². The molecule has 1 heterocycles. The van der Waals surface area contributed by atoms with Crippen LogP contribution in [0.15, 0.2) is 59.4 Å². The first-order valence-corrected chi connectivity index (χ1v) is 9.05. The van der Waals surface area contributed by atoms with Crippen molar-refractivity contribution in [2.24, 2.45) is 0 Å². The molecule has 0 fully saturated rings. The highest BCUT2D eigenvalue weighted by atomic mass is 16.5. The summed E-state index contributed by atoms with van der Waals surface area (Å²) in [4.78, 5) is 25.1. The fraction of sp³-hybridized carbons (Fsp3) is 0.227. The van der Waals surface area contributed by atoms with Crippen molar-refractivity contribution in [3.8, 4) is 11.4 Å². The van der Waals surface area contributed by atoms with Gasteiger partial charge in [-0.1, -0.05) is 48.0 Å². The molecule has 0 spiro atoms. The molecule has 0 radical (unpaired) electrons. The summed E-state index contributed by atoms with van der Waals surface area (Å²) in [6.07, 6.45) is 0. The Morgan fingerprint density at radius 3 is 2.46 bits per heavy atom. The SMILES string of the molecule is CCOC(=O)c1nn(-c2ccccc2C)c(=O)cc1OCc1ccc(C)cc1. The molecule has 0 saturated carbocycles. The molecule has 0 unspecified atom stereocenters. The smallest absolute Gasteiger partial charge is 0.362 e. The maximum Gasteiger partial charge on any atom is 0.362 e. The molecule has 6 heteroatoms. The van der Waals surface area contributed by atoms with Crippen molar-refractivity contribution in [3.05, 3.63) is 87.3 Å². The van der Waals surface area contributed by atoms with Gasteiger partial charge >= 0.3 is 5.97 Å². The second-order valence-corrected chi connectivity index (χ2v) is 6.39. The van der Waals surface area contributed by atoms with E-state index in [4.69, 9.17) is 9.47 Å². The minimum absolute atomic E-state index is 0.0307. The van der Waals surface area contributed by atoms with Gasteiger partial charge in [0, 0.05) is 0 Å². The molecular weight excluding hydrogens is 356 g/mol. The highest BCUT2D eigenvalue weighted by Gasteiger charge is 2.20. The summed E-state index contributed by atoms with van der Waals surface area (Å²) in [5.41, 5.74) is 3.10. The molecule has 144 valence electrons. The van der Waals surface area contributed by atoms with Crippen molar-refractivity contribution < 1.29 is 14.3 Å². The lowest BCUT2D eigenvalue weighted by molar-refractivity contribution is 0.0511. The van der Waals surface area contributed by atoms with Gasteiger partial charge in [-0.25, -0.2) is 4.79 Å². The number of hydrogen-bond acceptors (Lipinski definition) is 5. The number of benzene rings is 2. The first-order chi connectivity index (χ1) is 13.5. The highest BCUT2D eigenvalue weighted by Crippen LogP contribution is 2.19. The molecular formula is C22H22N2O4. The van der Waals surface area contributed by atoms with Crippen molar-refractivity contribution >= 4 is 5.97 Å². The highest BCUT2D eigenvalue weighted by molar-refractivity contribution is 5.90. The standard InChI is InChI=1S/C22H22N2O4/c1-4-27-22(26)21-19(28-14-17-11-9-15(2)10-12-17)13-20(25)24(23-21)18-8-6-5-7-16(18)3/h5-13H,4,14H2,1-3H3. The predicted molar refractivity (Wildman–Crippen MR) is 106 cm³/mol. The van der Waals surface area contributed by atoms with E-state index >= 15 is 0 Å². The maximum absolute atomic E-state index is 12.6. The Balaban J connectivity index is 2.00. The molecule has 0 N–H and O–H groups in total. The van der Waals surface area contributed by atoms with E-state index < -0.39 is 5.97 Å². The minimum atomic E-state index is -0.635. The summed E-state index contributed by atoms with van der Waals surface area (Å²) in [5.74, 6) is -0.530. The topological polar surface area (TPSA) is 70.4 Å². The third kappa shape index (κ3) is 4.28. The zero-order chi connectivity index (χ0) is 20.1. The molecule has 0 atom stereocenters. The van der Waals surface area contributed by atoms with Crippen LogP contribution in [0.5, 0.6) is 5.75 Å². The molecule has 2 aromatic carbocycles. The zero-order valence-electron chi connectivity index (χ0n) is 16.1. The van der Waals surface area contributed by atoms with Crippen LogP contribution in [0, 0.1) is 13.8 Å². The van der Waals surface area contributed by atoms with Crippen LogP contribution >= 0.6 is 0 Å². The molecule has 1 aromatic heterocycles. The average molecular weight is 378 g/mol. The Bertz CT molecular complexity index is 1040. The first kappa shape index (κ1) is 19.4. The molecule has 0 bridgehead atoms. The van der Waals surface area contributed by atoms with Gasteiger partial charge in [0.2, 0.25) is 5.69 Å². The van der Waals surface area contributed by atoms with Crippen LogP contribution in [0.25, 0.3) is 5.69 Å². The van der Waals surface area contributed by atoms with Crippen LogP contribution in [0.2, 0.25) is 0 Å². The summed E-state index contributed by atoms with van der Waals surface area (Å²) >= 11 is 0. The molecule has 0 amide bonds. The Morgan fingerprint density at radius 2 is 1.79 bits per heavy atom. The van der Waals surface area contributed by atoms with Crippen LogP contribution in [0.3, 0.4) is 0 Å². The zero-order valence-corrected chi connectivity index (χ0v) is 16.1. The molecule has 0 aliphatic rings. The molecule has 0 aliphatic carbocycles. The first-order valence-electron chi connectivity index (χ1n) is 9.05. The van der Waals surface area contributed by atoms with Crippen LogP contribution in [-0.4, -0.2) is 22.4 Å². The molecule has 0 saturated heterocycles. The number of nitrogens with zero attached hydrogens (tertiary/aromatic N) is 2. The second kappa shape index (κ2) is 8.52. The molecule has 0 aliphatic heterocycles. The van der Waals surface area contributed by atoms with Gasteiger partial charge in [0.25, 0.3) is 5.56 Å². The van der Waals surface area contributed by atoms with Gasteiger partial charge < -0.3 is 9.47 Å². The third-order valence-electron chi connectivity index (χ3n) is 4.22. The monoisotopic (exact) mass is 378 g/mol. The van der Waals surface area contributed by atoms with E-state index in [9.17, 15) is 9.59 Å². The number of para-hydroxylation sites is 1. The number of carbonyl (C=O) groups is 1. The molecule has 28 heavy (non-hydrogen) atoms. The Labute approximate surface area is 163 Å². The number of aryl methyl sites for hydroxylation is 2. The van der Waals surface area contributed by atoms with E-state index in [2.05, 4.69) is 5.10 Å². The van der Waals surface area contributed by atoms with Gasteiger partial charge in [0.05, 0.1) is 18.4 Å². The lowest BCUT2D eigenvalue weighted by atomic mass is 10.2. The summed E-state index contributed by atoms with van der Waals surface area (Å²) in [7, 11) is 0. The van der Waals surface area contributed by atoms with Gasteiger partial charge in [0.1, 0.15) is 6.61 Å². The predicted octanol–water partition coefficient (Wildman–Crippen LogP) is 3.61. The summed E-state index contributed by atoms with van der Waals surface area (Å²) in [6, 6.07) is 16.4. The quantitative estimate of drug-likeness (QED) is 0.613. The summed E-state index contributed by atoms with van der Waals surface area (Å²) < 4.78 is 12.1. The Morgan fingerprint density at radius 1 is 1.07 bits per heavy atom. The van der Waals surface area contributed by atoms with Gasteiger partial charge in [-0.05, 0) is 38.0 Å². The van der Waals surface area contributed by atoms with Crippen molar-refractivity contribution in [2.45, 2.75) is 27.4 Å². The van der Waals surface area contributed by atoms with E-state index in [1.54, 1.807) is 13.0 Å². The Kier molecular flexibility index (Phi) is 5.89. The van der Waals surface area contributed by atoms with Crippen molar-refractivity contribution in [1.29, 1.82) is 0 Å². The molecule has 3 aromatic rings. The molecule has 6 nitrogen and oxygen atoms in total. The minimum Gasteiger partial charge on any atom is -0.486 e. The molecule has 3 rings (SSSR count). The van der Waals surface area contributed by atoms with Crippen molar-refractivity contribution in [3.63, 3.8) is 0 Å². The fourth-order valence-corrected chi connectivity index (χ4v) is 2.71. The van der Waals surface area contributed by atoms with E-state index in [0.29, 0.717) is 5.69 Å². The number of hydrogen-bond donors (Lipinski definition) is 0. The number of aromatic nitrogens is 2. The van der Waals surface area contributed by atoms with E-state index in [1.165, 1.54) is 10.7 Å². The number of carbonyl (C=O) groups excluding carboxylic acids is 1. The fourth-order valence-electron chi connectivity index (χ4n) is 2.71.